The summed E-state index contributed by atoms with van der Waals surface area (Å²) in [6.07, 6.45) is 0. The molecule has 0 saturated heterocycles. The van der Waals surface area contributed by atoms with Crippen LogP contribution in [0, 0.1) is 13.8 Å². The van der Waals surface area contributed by atoms with Crippen molar-refractivity contribution in [3.05, 3.63) is 88.9 Å². The zero-order valence-corrected chi connectivity index (χ0v) is 17.7. The molecule has 0 aliphatic rings. The molecule has 5 nitrogen and oxygen atoms in total. The average molecular weight is 429 g/mol. The van der Waals surface area contributed by atoms with Gasteiger partial charge in [0.2, 0.25) is 5.91 Å². The number of benzene rings is 3. The summed E-state index contributed by atoms with van der Waals surface area (Å²) in [4.78, 5) is 12.7. The van der Waals surface area contributed by atoms with Crippen LogP contribution in [0.5, 0.6) is 0 Å². The van der Waals surface area contributed by atoms with Gasteiger partial charge in [-0.3, -0.25) is 9.10 Å². The highest BCUT2D eigenvalue weighted by Gasteiger charge is 2.27. The van der Waals surface area contributed by atoms with Gasteiger partial charge in [0.25, 0.3) is 10.0 Å². The van der Waals surface area contributed by atoms with Gasteiger partial charge in [-0.1, -0.05) is 53.6 Å². The summed E-state index contributed by atoms with van der Waals surface area (Å²) in [5.41, 5.74) is 2.67. The first-order valence-corrected chi connectivity index (χ1v) is 10.8. The molecule has 0 fully saturated rings. The number of sulfonamides is 1. The molecule has 3 aromatic carbocycles. The van der Waals surface area contributed by atoms with Crippen LogP contribution in [0.4, 0.5) is 11.4 Å². The van der Waals surface area contributed by atoms with Crippen molar-refractivity contribution in [3.63, 3.8) is 0 Å². The summed E-state index contributed by atoms with van der Waals surface area (Å²) >= 11 is 6.22. The van der Waals surface area contributed by atoms with E-state index < -0.39 is 15.9 Å². The molecule has 0 aliphatic carbocycles. The summed E-state index contributed by atoms with van der Waals surface area (Å²) < 4.78 is 27.7. The number of carbonyl (C=O) groups excluding carboxylic acids is 1. The lowest BCUT2D eigenvalue weighted by atomic mass is 10.2. The average Bonchev–Trinajstić information content (AvgIpc) is 2.69. The highest BCUT2D eigenvalue weighted by Crippen LogP contribution is 2.28. The molecule has 0 heterocycles. The smallest absolute Gasteiger partial charge is 0.264 e. The monoisotopic (exact) mass is 428 g/mol. The minimum Gasteiger partial charge on any atom is -0.325 e. The maximum Gasteiger partial charge on any atom is 0.264 e. The number of rotatable bonds is 6. The summed E-state index contributed by atoms with van der Waals surface area (Å²) in [5.74, 6) is -0.455. The number of aryl methyl sites for hydroxylation is 2. The fourth-order valence-electron chi connectivity index (χ4n) is 2.74. The van der Waals surface area contributed by atoms with Crippen molar-refractivity contribution in [2.24, 2.45) is 0 Å². The Morgan fingerprint density at radius 2 is 1.62 bits per heavy atom. The number of hydrogen-bond donors (Lipinski definition) is 1. The van der Waals surface area contributed by atoms with E-state index in [1.54, 1.807) is 54.6 Å². The Labute approximate surface area is 176 Å². The van der Waals surface area contributed by atoms with Gasteiger partial charge < -0.3 is 5.32 Å². The molecule has 0 saturated carbocycles. The molecule has 0 atom stereocenters. The third-order valence-corrected chi connectivity index (χ3v) is 6.59. The molecule has 0 radical (unpaired) electrons. The number of nitrogens with zero attached hydrogens (tertiary/aromatic N) is 1. The van der Waals surface area contributed by atoms with Gasteiger partial charge in [0.1, 0.15) is 6.54 Å². The number of nitrogens with one attached hydrogen (secondary N) is 1. The molecule has 3 rings (SSSR count). The van der Waals surface area contributed by atoms with E-state index in [9.17, 15) is 13.2 Å². The first-order chi connectivity index (χ1) is 13.8. The molecule has 3 aromatic rings. The molecule has 7 heteroatoms. The molecule has 29 heavy (non-hydrogen) atoms. The van der Waals surface area contributed by atoms with E-state index in [1.807, 2.05) is 19.9 Å². The highest BCUT2D eigenvalue weighted by atomic mass is 35.5. The largest absolute Gasteiger partial charge is 0.325 e. The zero-order chi connectivity index (χ0) is 21.0. The Balaban J connectivity index is 1.98. The molecule has 0 aliphatic heterocycles. The van der Waals surface area contributed by atoms with Crippen LogP contribution in [0.1, 0.15) is 11.1 Å². The second-order valence-corrected chi connectivity index (χ2v) is 8.94. The van der Waals surface area contributed by atoms with E-state index >= 15 is 0 Å². The van der Waals surface area contributed by atoms with Crippen molar-refractivity contribution < 1.29 is 13.2 Å². The fraction of sp³-hybridized carbons (Fsp3) is 0.136. The van der Waals surface area contributed by atoms with Gasteiger partial charge in [-0.25, -0.2) is 8.42 Å². The molecule has 0 bridgehead atoms. The molecule has 0 unspecified atom stereocenters. The third kappa shape index (κ3) is 4.96. The number of anilines is 2. The first kappa shape index (κ1) is 20.9. The van der Waals surface area contributed by atoms with Gasteiger partial charge in [0.15, 0.2) is 0 Å². The molecule has 1 N–H and O–H groups in total. The van der Waals surface area contributed by atoms with Crippen molar-refractivity contribution in [1.82, 2.24) is 0 Å². The molecule has 0 spiro atoms. The van der Waals surface area contributed by atoms with Crippen molar-refractivity contribution in [1.29, 1.82) is 0 Å². The van der Waals surface area contributed by atoms with Crippen LogP contribution < -0.4 is 9.62 Å². The van der Waals surface area contributed by atoms with Crippen LogP contribution in [0.2, 0.25) is 5.02 Å². The Hall–Kier alpha value is -2.83. The standard InChI is InChI=1S/C22H21ClN2O3S/c1-16-8-12-20(13-9-16)29(27,28)25(19-11-10-17(2)21(23)14-19)15-22(26)24-18-6-4-3-5-7-18/h3-14H,15H2,1-2H3,(H,24,26). The second kappa shape index (κ2) is 8.68. The van der Waals surface area contributed by atoms with Crippen molar-refractivity contribution in [3.8, 4) is 0 Å². The SMILES string of the molecule is Cc1ccc(S(=O)(=O)N(CC(=O)Nc2ccccc2)c2ccc(C)c(Cl)c2)cc1. The lowest BCUT2D eigenvalue weighted by Gasteiger charge is -2.24. The highest BCUT2D eigenvalue weighted by molar-refractivity contribution is 7.92. The van der Waals surface area contributed by atoms with Gasteiger partial charge in [-0.2, -0.15) is 0 Å². The van der Waals surface area contributed by atoms with Crippen LogP contribution in [-0.4, -0.2) is 20.9 Å². The third-order valence-electron chi connectivity index (χ3n) is 4.40. The zero-order valence-electron chi connectivity index (χ0n) is 16.1. The minimum absolute atomic E-state index is 0.104. The van der Waals surface area contributed by atoms with E-state index in [0.29, 0.717) is 16.4 Å². The molecular formula is C22H21ClN2O3S. The molecule has 1 amide bonds. The van der Waals surface area contributed by atoms with Crippen molar-refractivity contribution in [2.75, 3.05) is 16.2 Å². The maximum absolute atomic E-state index is 13.3. The van der Waals surface area contributed by atoms with Gasteiger partial charge >= 0.3 is 0 Å². The predicted molar refractivity (Wildman–Crippen MR) is 117 cm³/mol. The van der Waals surface area contributed by atoms with Crippen LogP contribution >= 0.6 is 11.6 Å². The van der Waals surface area contributed by atoms with Gasteiger partial charge in [0, 0.05) is 10.7 Å². The number of halogens is 1. The van der Waals surface area contributed by atoms with Gasteiger partial charge in [0.05, 0.1) is 10.6 Å². The Morgan fingerprint density at radius 3 is 2.24 bits per heavy atom. The van der Waals surface area contributed by atoms with E-state index in [2.05, 4.69) is 5.32 Å². The summed E-state index contributed by atoms with van der Waals surface area (Å²) in [6, 6.07) is 20.3. The Morgan fingerprint density at radius 1 is 0.966 bits per heavy atom. The number of amides is 1. The predicted octanol–water partition coefficient (Wildman–Crippen LogP) is 4.79. The van der Waals surface area contributed by atoms with Crippen molar-refractivity contribution in [2.45, 2.75) is 18.7 Å². The number of carbonyl (C=O) groups is 1. The molecular weight excluding hydrogens is 408 g/mol. The quantitative estimate of drug-likeness (QED) is 0.613. The van der Waals surface area contributed by atoms with Crippen LogP contribution in [-0.2, 0) is 14.8 Å². The summed E-state index contributed by atoms with van der Waals surface area (Å²) in [6.45, 7) is 3.32. The van der Waals surface area contributed by atoms with Crippen LogP contribution in [0.15, 0.2) is 77.7 Å². The van der Waals surface area contributed by atoms with Crippen molar-refractivity contribution >= 4 is 38.9 Å². The summed E-state index contributed by atoms with van der Waals surface area (Å²) in [7, 11) is -3.97. The number of para-hydroxylation sites is 1. The van der Waals surface area contributed by atoms with Crippen LogP contribution in [0.25, 0.3) is 0 Å². The van der Waals surface area contributed by atoms with E-state index in [0.717, 1.165) is 15.4 Å². The lowest BCUT2D eigenvalue weighted by Crippen LogP contribution is -2.38. The molecule has 150 valence electrons. The topological polar surface area (TPSA) is 66.5 Å². The maximum atomic E-state index is 13.3. The Bertz CT molecular complexity index is 1110. The normalized spacial score (nSPS) is 11.1. The fourth-order valence-corrected chi connectivity index (χ4v) is 4.33. The Kier molecular flexibility index (Phi) is 6.25. The lowest BCUT2D eigenvalue weighted by molar-refractivity contribution is -0.114. The second-order valence-electron chi connectivity index (χ2n) is 6.67. The minimum atomic E-state index is -3.97. The van der Waals surface area contributed by atoms with Crippen LogP contribution in [0.3, 0.4) is 0 Å². The van der Waals surface area contributed by atoms with Gasteiger partial charge in [-0.05, 0) is 55.8 Å². The van der Waals surface area contributed by atoms with Gasteiger partial charge in [-0.15, -0.1) is 0 Å². The van der Waals surface area contributed by atoms with E-state index in [-0.39, 0.29) is 11.4 Å². The van der Waals surface area contributed by atoms with E-state index in [1.165, 1.54) is 12.1 Å². The summed E-state index contributed by atoms with van der Waals surface area (Å²) in [5, 5.41) is 3.15. The molecule has 0 aromatic heterocycles. The number of hydrogen-bond acceptors (Lipinski definition) is 3. The first-order valence-electron chi connectivity index (χ1n) is 8.98. The van der Waals surface area contributed by atoms with E-state index in [4.69, 9.17) is 11.6 Å².